The van der Waals surface area contributed by atoms with E-state index in [-0.39, 0.29) is 0 Å². The van der Waals surface area contributed by atoms with Gasteiger partial charge in [-0.15, -0.1) is 12.6 Å². The molecule has 3 nitrogen and oxygen atoms in total. The van der Waals surface area contributed by atoms with E-state index in [2.05, 4.69) is 37.8 Å². The Morgan fingerprint density at radius 1 is 1.57 bits per heavy atom. The Labute approximate surface area is 96.5 Å². The van der Waals surface area contributed by atoms with Crippen LogP contribution in [-0.4, -0.2) is 35.4 Å². The fourth-order valence-corrected chi connectivity index (χ4v) is 1.12. The fraction of sp³-hybridized carbons (Fsp3) is 0.556. The molecular weight excluding hydrogens is 218 g/mol. The van der Waals surface area contributed by atoms with Crippen LogP contribution in [0.25, 0.3) is 0 Å². The summed E-state index contributed by atoms with van der Waals surface area (Å²) >= 11 is 8.82. The molecule has 82 valence electrons. The van der Waals surface area contributed by atoms with Crippen molar-refractivity contribution in [2.75, 3.05) is 20.2 Å². The molecule has 0 unspecified atom stereocenters. The highest BCUT2D eigenvalue weighted by Gasteiger charge is 1.96. The molecule has 0 aromatic rings. The number of methoxy groups -OCH3 is 1. The van der Waals surface area contributed by atoms with Gasteiger partial charge in [-0.05, 0) is 13.8 Å². The van der Waals surface area contributed by atoms with Gasteiger partial charge < -0.3 is 9.64 Å². The number of rotatable bonds is 3. The summed E-state index contributed by atoms with van der Waals surface area (Å²) in [5, 5.41) is 0. The molecule has 0 radical (unpaired) electrons. The van der Waals surface area contributed by atoms with Gasteiger partial charge in [-0.3, -0.25) is 0 Å². The minimum absolute atomic E-state index is 0.394. The summed E-state index contributed by atoms with van der Waals surface area (Å²) in [6, 6.07) is 0. The maximum absolute atomic E-state index is 9.84. The van der Waals surface area contributed by atoms with Gasteiger partial charge in [0.25, 0.3) is 0 Å². The Balaban J connectivity index is 0. The van der Waals surface area contributed by atoms with Crippen LogP contribution >= 0.6 is 24.8 Å². The summed E-state index contributed by atoms with van der Waals surface area (Å²) in [5.74, 6) is -0.394. The van der Waals surface area contributed by atoms with Crippen LogP contribution in [-0.2, 0) is 9.53 Å². The summed E-state index contributed by atoms with van der Waals surface area (Å²) in [5.41, 5.74) is 0. The Kier molecular flexibility index (Phi) is 12.0. The van der Waals surface area contributed by atoms with Gasteiger partial charge in [-0.1, -0.05) is 18.8 Å². The monoisotopic (exact) mass is 235 g/mol. The number of esters is 1. The maximum atomic E-state index is 9.84. The Morgan fingerprint density at radius 2 is 2.00 bits per heavy atom. The van der Waals surface area contributed by atoms with Crippen molar-refractivity contribution >= 4 is 35.1 Å². The van der Waals surface area contributed by atoms with Crippen LogP contribution in [0.2, 0.25) is 0 Å². The van der Waals surface area contributed by atoms with Gasteiger partial charge in [0.05, 0.1) is 7.11 Å². The quantitative estimate of drug-likeness (QED) is 0.350. The van der Waals surface area contributed by atoms with E-state index < -0.39 is 5.97 Å². The Hall–Kier alpha value is -0.550. The zero-order valence-electron chi connectivity index (χ0n) is 8.82. The molecule has 0 aliphatic heterocycles. The third-order valence-electron chi connectivity index (χ3n) is 1.40. The molecular formula is C9H17NO2S2. The molecule has 0 aromatic heterocycles. The van der Waals surface area contributed by atoms with Crippen LogP contribution in [0, 0.1) is 0 Å². The molecule has 14 heavy (non-hydrogen) atoms. The third kappa shape index (κ3) is 9.54. The molecule has 0 amide bonds. The lowest BCUT2D eigenvalue weighted by Crippen LogP contribution is -2.24. The van der Waals surface area contributed by atoms with Gasteiger partial charge in [0.15, 0.2) is 0 Å². The second-order valence-corrected chi connectivity index (χ2v) is 3.30. The van der Waals surface area contributed by atoms with Crippen molar-refractivity contribution in [2.24, 2.45) is 0 Å². The summed E-state index contributed by atoms with van der Waals surface area (Å²) in [7, 11) is 1.31. The predicted molar refractivity (Wildman–Crippen MR) is 66.7 cm³/mol. The highest BCUT2D eigenvalue weighted by atomic mass is 32.1. The van der Waals surface area contributed by atoms with E-state index in [9.17, 15) is 4.79 Å². The van der Waals surface area contributed by atoms with E-state index in [0.29, 0.717) is 4.32 Å². The van der Waals surface area contributed by atoms with Crippen LogP contribution < -0.4 is 0 Å². The topological polar surface area (TPSA) is 29.5 Å². The zero-order valence-corrected chi connectivity index (χ0v) is 10.5. The lowest BCUT2D eigenvalue weighted by atomic mass is 10.6. The van der Waals surface area contributed by atoms with Crippen LogP contribution in [0.5, 0.6) is 0 Å². The normalized spacial score (nSPS) is 8.00. The molecule has 0 atom stereocenters. The summed E-state index contributed by atoms with van der Waals surface area (Å²) in [6.45, 7) is 9.19. The number of hydrogen-bond donors (Lipinski definition) is 1. The molecule has 5 heteroatoms. The van der Waals surface area contributed by atoms with E-state index >= 15 is 0 Å². The van der Waals surface area contributed by atoms with Crippen LogP contribution in [0.1, 0.15) is 13.8 Å². The summed E-state index contributed by atoms with van der Waals surface area (Å²) < 4.78 is 4.83. The highest BCUT2D eigenvalue weighted by molar-refractivity contribution is 8.10. The molecule has 0 bridgehead atoms. The van der Waals surface area contributed by atoms with Crippen LogP contribution in [0.3, 0.4) is 0 Å². The number of hydrogen-bond acceptors (Lipinski definition) is 3. The van der Waals surface area contributed by atoms with Gasteiger partial charge in [0, 0.05) is 19.2 Å². The van der Waals surface area contributed by atoms with E-state index in [1.54, 1.807) is 0 Å². The van der Waals surface area contributed by atoms with Crippen molar-refractivity contribution in [3.63, 3.8) is 0 Å². The molecule has 0 heterocycles. The summed E-state index contributed by atoms with van der Waals surface area (Å²) in [4.78, 5) is 11.9. The van der Waals surface area contributed by atoms with Crippen molar-refractivity contribution < 1.29 is 9.53 Å². The number of carbonyl (C=O) groups excluding carboxylic acids is 1. The van der Waals surface area contributed by atoms with Crippen LogP contribution in [0.15, 0.2) is 12.7 Å². The van der Waals surface area contributed by atoms with Gasteiger partial charge in [-0.25, -0.2) is 4.79 Å². The third-order valence-corrected chi connectivity index (χ3v) is 1.94. The second-order valence-electron chi connectivity index (χ2n) is 2.18. The molecule has 0 saturated heterocycles. The van der Waals surface area contributed by atoms with E-state index in [4.69, 9.17) is 12.2 Å². The largest absolute Gasteiger partial charge is 0.466 e. The minimum atomic E-state index is -0.394. The smallest absolute Gasteiger partial charge is 0.329 e. The van der Waals surface area contributed by atoms with E-state index in [1.807, 2.05) is 4.90 Å². The Morgan fingerprint density at radius 3 is 2.00 bits per heavy atom. The lowest BCUT2D eigenvalue weighted by molar-refractivity contribution is -0.134. The van der Waals surface area contributed by atoms with E-state index in [1.165, 1.54) is 7.11 Å². The number of ether oxygens (including phenoxy) is 1. The van der Waals surface area contributed by atoms with Gasteiger partial charge >= 0.3 is 5.97 Å². The fourth-order valence-electron chi connectivity index (χ4n) is 0.577. The van der Waals surface area contributed by atoms with Crippen molar-refractivity contribution in [3.8, 4) is 0 Å². The molecule has 0 rings (SSSR count). The van der Waals surface area contributed by atoms with Crippen molar-refractivity contribution in [1.82, 2.24) is 4.90 Å². The number of carbonyl (C=O) groups is 1. The molecule has 0 aromatic carbocycles. The van der Waals surface area contributed by atoms with Crippen LogP contribution in [0.4, 0.5) is 0 Å². The predicted octanol–water partition coefficient (Wildman–Crippen LogP) is 1.89. The van der Waals surface area contributed by atoms with Gasteiger partial charge in [-0.2, -0.15) is 0 Å². The average Bonchev–Trinajstić information content (AvgIpc) is 2.19. The first-order valence-corrected chi connectivity index (χ1v) is 5.07. The molecule has 0 aliphatic rings. The molecule has 0 spiro atoms. The first-order valence-electron chi connectivity index (χ1n) is 4.21. The molecule has 0 aliphatic carbocycles. The first kappa shape index (κ1) is 15.9. The van der Waals surface area contributed by atoms with Crippen molar-refractivity contribution in [1.29, 1.82) is 0 Å². The lowest BCUT2D eigenvalue weighted by Gasteiger charge is -2.16. The van der Waals surface area contributed by atoms with E-state index in [0.717, 1.165) is 19.2 Å². The molecule has 0 fully saturated rings. The average molecular weight is 235 g/mol. The summed E-state index contributed by atoms with van der Waals surface area (Å²) in [6.07, 6.45) is 1.11. The zero-order chi connectivity index (χ0) is 11.6. The van der Waals surface area contributed by atoms with Gasteiger partial charge in [0.1, 0.15) is 4.32 Å². The maximum Gasteiger partial charge on any atom is 0.329 e. The van der Waals surface area contributed by atoms with Crippen molar-refractivity contribution in [3.05, 3.63) is 12.7 Å². The van der Waals surface area contributed by atoms with Crippen molar-refractivity contribution in [2.45, 2.75) is 13.8 Å². The molecule has 0 N–H and O–H groups in total. The standard InChI is InChI=1S/C5H11NS2.C4H6O2/c1-3-6(4-2)5(7)8;1-3-4(5)6-2/h3-4H2,1-2H3,(H,7,8);3H,1H2,2H3. The minimum Gasteiger partial charge on any atom is -0.466 e. The number of thiol groups is 1. The second kappa shape index (κ2) is 10.5. The SMILES string of the molecule is C=CC(=O)OC.CCN(CC)C(=S)S. The first-order chi connectivity index (χ1) is 6.53. The Bertz CT molecular complexity index is 191. The highest BCUT2D eigenvalue weighted by Crippen LogP contribution is 1.93. The number of nitrogens with zero attached hydrogens (tertiary/aromatic N) is 1. The number of thiocarbonyl (C=S) groups is 1. The molecule has 0 saturated carbocycles. The van der Waals surface area contributed by atoms with Gasteiger partial charge in [0.2, 0.25) is 0 Å².